The maximum Gasteiger partial charge on any atom is 0.211 e. The van der Waals surface area contributed by atoms with E-state index in [2.05, 4.69) is 0 Å². The van der Waals surface area contributed by atoms with Gasteiger partial charge in [-0.25, -0.2) is 0 Å². The van der Waals surface area contributed by atoms with Crippen molar-refractivity contribution in [3.63, 3.8) is 0 Å². The van der Waals surface area contributed by atoms with Gasteiger partial charge in [0.1, 0.15) is 17.1 Å². The fourth-order valence-electron chi connectivity index (χ4n) is 2.85. The third-order valence-electron chi connectivity index (χ3n) is 4.21. The molecule has 0 aromatic heterocycles. The minimum atomic E-state index is -0.538. The average molecular weight is 404 g/mol. The van der Waals surface area contributed by atoms with Crippen molar-refractivity contribution in [1.29, 1.82) is 0 Å². The molecule has 2 aromatic carbocycles. The lowest BCUT2D eigenvalue weighted by Gasteiger charge is -2.19. The zero-order chi connectivity index (χ0) is 21.6. The number of ketones is 1. The summed E-state index contributed by atoms with van der Waals surface area (Å²) in [5.41, 5.74) is 0.492. The number of phenols is 1. The van der Waals surface area contributed by atoms with Gasteiger partial charge in [-0.15, -0.1) is 0 Å². The van der Waals surface area contributed by atoms with Crippen molar-refractivity contribution in [3.8, 4) is 40.2 Å². The van der Waals surface area contributed by atoms with E-state index in [0.717, 1.165) is 0 Å². The lowest BCUT2D eigenvalue weighted by Crippen LogP contribution is -2.06. The fraction of sp³-hybridized carbons (Fsp3) is 0.286. The maximum absolute atomic E-state index is 13.0. The molecule has 0 aliphatic heterocycles. The first kappa shape index (κ1) is 21.7. The first-order valence-electron chi connectivity index (χ1n) is 8.50. The van der Waals surface area contributed by atoms with Gasteiger partial charge >= 0.3 is 0 Å². The van der Waals surface area contributed by atoms with Crippen molar-refractivity contribution in [3.05, 3.63) is 35.4 Å². The summed E-state index contributed by atoms with van der Waals surface area (Å²) in [7, 11) is 8.54. The van der Waals surface area contributed by atoms with Gasteiger partial charge in [-0.1, -0.05) is 0 Å². The summed E-state index contributed by atoms with van der Waals surface area (Å²) in [5.74, 6) is 0.412. The van der Waals surface area contributed by atoms with Crippen molar-refractivity contribution in [2.75, 3.05) is 42.7 Å². The highest BCUT2D eigenvalue weighted by Gasteiger charge is 2.30. The van der Waals surface area contributed by atoms with E-state index in [1.54, 1.807) is 31.4 Å². The molecule has 0 amide bonds. The van der Waals surface area contributed by atoms with Crippen LogP contribution in [-0.4, -0.2) is 53.5 Å². The van der Waals surface area contributed by atoms with Gasteiger partial charge in [0.05, 0.1) is 42.7 Å². The lowest BCUT2D eigenvalue weighted by atomic mass is 10.0. The van der Waals surface area contributed by atoms with E-state index < -0.39 is 11.5 Å². The Bertz CT molecular complexity index is 918. The first-order chi connectivity index (χ1) is 14.0. The molecule has 1 N–H and O–H groups in total. The highest BCUT2D eigenvalue weighted by Crippen LogP contribution is 2.53. The van der Waals surface area contributed by atoms with Crippen LogP contribution in [0.25, 0.3) is 6.08 Å². The summed E-state index contributed by atoms with van der Waals surface area (Å²) < 4.78 is 31.6. The second kappa shape index (κ2) is 9.59. The number of aromatic hydroxyl groups is 1. The molecule has 0 aliphatic rings. The Hall–Kier alpha value is -3.55. The normalized spacial score (nSPS) is 10.6. The molecule has 0 spiro atoms. The molecule has 0 heterocycles. The van der Waals surface area contributed by atoms with Gasteiger partial charge in [0, 0.05) is 5.56 Å². The van der Waals surface area contributed by atoms with Crippen molar-refractivity contribution >= 4 is 11.9 Å². The number of hydrogen-bond acceptors (Lipinski definition) is 8. The van der Waals surface area contributed by atoms with Crippen LogP contribution >= 0.6 is 0 Å². The molecule has 0 unspecified atom stereocenters. The van der Waals surface area contributed by atoms with Crippen LogP contribution in [0.1, 0.15) is 15.9 Å². The van der Waals surface area contributed by atoms with Gasteiger partial charge in [0.25, 0.3) is 0 Å². The fourth-order valence-corrected chi connectivity index (χ4v) is 2.85. The molecule has 0 fully saturated rings. The molecule has 0 saturated carbocycles. The van der Waals surface area contributed by atoms with Crippen LogP contribution < -0.4 is 28.4 Å². The molecule has 8 heteroatoms. The number of ether oxygens (including phenoxy) is 6. The van der Waals surface area contributed by atoms with Crippen LogP contribution in [0.2, 0.25) is 0 Å². The van der Waals surface area contributed by atoms with Crippen molar-refractivity contribution in [1.82, 2.24) is 0 Å². The number of carbonyl (C=O) groups is 1. The predicted octanol–water partition coefficient (Wildman–Crippen LogP) is 3.34. The number of rotatable bonds is 9. The Morgan fingerprint density at radius 1 is 0.793 bits per heavy atom. The van der Waals surface area contributed by atoms with Crippen LogP contribution in [-0.2, 0) is 0 Å². The van der Waals surface area contributed by atoms with E-state index in [0.29, 0.717) is 17.1 Å². The Labute approximate surface area is 169 Å². The standard InChI is InChI=1S/C21H24O8/c1-24-13-8-10-15(25-2)12(11-13)7-9-14(22)16-17(23)19(27-4)21(29-6)20(28-5)18(16)26-3/h7-11,23H,1-6H3. The monoisotopic (exact) mass is 404 g/mol. The second-order valence-electron chi connectivity index (χ2n) is 5.66. The zero-order valence-electron chi connectivity index (χ0n) is 17.2. The van der Waals surface area contributed by atoms with Crippen LogP contribution in [0.5, 0.6) is 40.2 Å². The van der Waals surface area contributed by atoms with Crippen molar-refractivity contribution in [2.45, 2.75) is 0 Å². The van der Waals surface area contributed by atoms with Crippen molar-refractivity contribution < 1.29 is 38.3 Å². The van der Waals surface area contributed by atoms with E-state index >= 15 is 0 Å². The summed E-state index contributed by atoms with van der Waals surface area (Å²) in [5, 5.41) is 10.6. The molecular formula is C21H24O8. The molecule has 2 aromatic rings. The minimum absolute atomic E-state index is 0.0231. The molecular weight excluding hydrogens is 380 g/mol. The highest BCUT2D eigenvalue weighted by atomic mass is 16.5. The maximum atomic E-state index is 13.0. The Kier molecular flexibility index (Phi) is 7.19. The largest absolute Gasteiger partial charge is 0.504 e. The molecule has 29 heavy (non-hydrogen) atoms. The topological polar surface area (TPSA) is 92.7 Å². The van der Waals surface area contributed by atoms with Crippen LogP contribution in [0, 0.1) is 0 Å². The molecule has 0 bridgehead atoms. The first-order valence-corrected chi connectivity index (χ1v) is 8.50. The van der Waals surface area contributed by atoms with E-state index in [9.17, 15) is 9.90 Å². The zero-order valence-corrected chi connectivity index (χ0v) is 17.2. The van der Waals surface area contributed by atoms with E-state index in [4.69, 9.17) is 28.4 Å². The number of hydrogen-bond donors (Lipinski definition) is 1. The van der Waals surface area contributed by atoms with Gasteiger partial charge in [-0.05, 0) is 30.4 Å². The van der Waals surface area contributed by atoms with Gasteiger partial charge in [-0.2, -0.15) is 0 Å². The summed E-state index contributed by atoms with van der Waals surface area (Å²) in [6, 6.07) is 5.18. The summed E-state index contributed by atoms with van der Waals surface area (Å²) in [4.78, 5) is 13.0. The number of phenolic OH excluding ortho intramolecular Hbond substituents is 1. The van der Waals surface area contributed by atoms with E-state index in [-0.39, 0.29) is 28.6 Å². The Balaban J connectivity index is 2.60. The second-order valence-corrected chi connectivity index (χ2v) is 5.66. The van der Waals surface area contributed by atoms with Gasteiger partial charge in [0.15, 0.2) is 17.3 Å². The molecule has 0 radical (unpaired) electrons. The molecule has 0 saturated heterocycles. The predicted molar refractivity (Wildman–Crippen MR) is 107 cm³/mol. The molecule has 156 valence electrons. The third-order valence-corrected chi connectivity index (χ3v) is 4.21. The molecule has 0 atom stereocenters. The number of methoxy groups -OCH3 is 6. The quantitative estimate of drug-likeness (QED) is 0.503. The van der Waals surface area contributed by atoms with E-state index in [1.807, 2.05) is 0 Å². The van der Waals surface area contributed by atoms with E-state index in [1.165, 1.54) is 41.6 Å². The molecule has 0 aliphatic carbocycles. The van der Waals surface area contributed by atoms with Crippen LogP contribution in [0.3, 0.4) is 0 Å². The Morgan fingerprint density at radius 3 is 1.90 bits per heavy atom. The SMILES string of the molecule is COc1ccc(OC)c(C=CC(=O)c2c(O)c(OC)c(OC)c(OC)c2OC)c1. The Morgan fingerprint density at radius 2 is 1.38 bits per heavy atom. The highest BCUT2D eigenvalue weighted by molar-refractivity contribution is 6.12. The number of benzene rings is 2. The van der Waals surface area contributed by atoms with Crippen LogP contribution in [0.4, 0.5) is 0 Å². The molecule has 8 nitrogen and oxygen atoms in total. The van der Waals surface area contributed by atoms with Crippen molar-refractivity contribution in [2.24, 2.45) is 0 Å². The smallest absolute Gasteiger partial charge is 0.211 e. The number of carbonyl (C=O) groups excluding carboxylic acids is 1. The summed E-state index contributed by atoms with van der Waals surface area (Å²) in [6.45, 7) is 0. The summed E-state index contributed by atoms with van der Waals surface area (Å²) in [6.07, 6.45) is 2.83. The third kappa shape index (κ3) is 4.16. The molecule has 2 rings (SSSR count). The minimum Gasteiger partial charge on any atom is -0.504 e. The summed E-state index contributed by atoms with van der Waals surface area (Å²) >= 11 is 0. The van der Waals surface area contributed by atoms with Gasteiger partial charge in [0.2, 0.25) is 17.2 Å². The number of allylic oxidation sites excluding steroid dienone is 1. The van der Waals surface area contributed by atoms with Gasteiger partial charge in [-0.3, -0.25) is 4.79 Å². The average Bonchev–Trinajstić information content (AvgIpc) is 2.75. The lowest BCUT2D eigenvalue weighted by molar-refractivity contribution is 0.104. The van der Waals surface area contributed by atoms with Crippen LogP contribution in [0.15, 0.2) is 24.3 Å². The van der Waals surface area contributed by atoms with Gasteiger partial charge < -0.3 is 33.5 Å².